The van der Waals surface area contributed by atoms with E-state index in [-0.39, 0.29) is 0 Å². The second-order valence-electron chi connectivity index (χ2n) is 4.64. The Morgan fingerprint density at radius 2 is 2.17 bits per heavy atom. The molecule has 0 saturated carbocycles. The van der Waals surface area contributed by atoms with Crippen LogP contribution in [0.15, 0.2) is 0 Å². The highest BCUT2D eigenvalue weighted by Crippen LogP contribution is 2.37. The zero-order valence-electron chi connectivity index (χ0n) is 7.63. The smallest absolute Gasteiger partial charge is 0.0139 e. The van der Waals surface area contributed by atoms with Crippen LogP contribution in [0.4, 0.5) is 0 Å². The fourth-order valence-electron chi connectivity index (χ4n) is 3.43. The number of piperidine rings is 1. The summed E-state index contributed by atoms with van der Waals surface area (Å²) in [5.74, 6) is 2.00. The molecule has 2 heteroatoms. The highest BCUT2D eigenvalue weighted by atomic mass is 15.2. The average molecular weight is 166 g/mol. The Labute approximate surface area is 74.3 Å². The Morgan fingerprint density at radius 3 is 3.17 bits per heavy atom. The van der Waals surface area contributed by atoms with Crippen molar-refractivity contribution in [3.05, 3.63) is 0 Å². The van der Waals surface area contributed by atoms with Gasteiger partial charge < -0.3 is 5.32 Å². The van der Waals surface area contributed by atoms with Crippen LogP contribution in [-0.4, -0.2) is 37.1 Å². The molecule has 0 unspecified atom stereocenters. The van der Waals surface area contributed by atoms with Crippen molar-refractivity contribution in [2.24, 2.45) is 11.8 Å². The Balaban J connectivity index is 1.79. The summed E-state index contributed by atoms with van der Waals surface area (Å²) in [7, 11) is 0. The Kier molecular flexibility index (Phi) is 1.66. The van der Waals surface area contributed by atoms with Crippen molar-refractivity contribution in [1.29, 1.82) is 0 Å². The normalized spacial score (nSPS) is 47.5. The first-order valence-electron chi connectivity index (χ1n) is 5.40. The van der Waals surface area contributed by atoms with Gasteiger partial charge in [0.1, 0.15) is 0 Å². The molecule has 3 aliphatic heterocycles. The van der Waals surface area contributed by atoms with E-state index < -0.39 is 0 Å². The summed E-state index contributed by atoms with van der Waals surface area (Å²) in [6.07, 6.45) is 4.40. The van der Waals surface area contributed by atoms with Gasteiger partial charge >= 0.3 is 0 Å². The lowest BCUT2D eigenvalue weighted by atomic mass is 9.90. The van der Waals surface area contributed by atoms with E-state index >= 15 is 0 Å². The number of hydrogen-bond donors (Lipinski definition) is 1. The molecule has 3 fully saturated rings. The van der Waals surface area contributed by atoms with Crippen LogP contribution in [0.1, 0.15) is 19.3 Å². The summed E-state index contributed by atoms with van der Waals surface area (Å²) in [6.45, 7) is 5.36. The molecule has 3 atom stereocenters. The molecule has 0 radical (unpaired) electrons. The van der Waals surface area contributed by atoms with E-state index in [4.69, 9.17) is 0 Å². The number of hydrogen-bond acceptors (Lipinski definition) is 2. The summed E-state index contributed by atoms with van der Waals surface area (Å²) in [4.78, 5) is 2.75. The fraction of sp³-hybridized carbons (Fsp3) is 1.00. The standard InChI is InChI=1S/C10H18N2/c1-2-4-12-7-8-5-11-6-9(8)10(12)3-1/h8-11H,1-7H2/t8-,9+,10+/m1/s1. The maximum atomic E-state index is 3.53. The number of rotatable bonds is 0. The van der Waals surface area contributed by atoms with Crippen LogP contribution in [0.25, 0.3) is 0 Å². The van der Waals surface area contributed by atoms with Crippen LogP contribution >= 0.6 is 0 Å². The van der Waals surface area contributed by atoms with Crippen LogP contribution in [0.5, 0.6) is 0 Å². The first kappa shape index (κ1) is 7.34. The Hall–Kier alpha value is -0.0800. The van der Waals surface area contributed by atoms with Crippen molar-refractivity contribution in [2.75, 3.05) is 26.2 Å². The van der Waals surface area contributed by atoms with Gasteiger partial charge in [0.05, 0.1) is 0 Å². The molecule has 0 aromatic carbocycles. The van der Waals surface area contributed by atoms with Crippen molar-refractivity contribution >= 4 is 0 Å². The fourth-order valence-corrected chi connectivity index (χ4v) is 3.43. The summed E-state index contributed by atoms with van der Waals surface area (Å²) < 4.78 is 0. The monoisotopic (exact) mass is 166 g/mol. The maximum Gasteiger partial charge on any atom is 0.0139 e. The zero-order valence-corrected chi connectivity index (χ0v) is 7.63. The van der Waals surface area contributed by atoms with E-state index in [0.29, 0.717) is 0 Å². The van der Waals surface area contributed by atoms with Crippen LogP contribution < -0.4 is 5.32 Å². The van der Waals surface area contributed by atoms with Crippen LogP contribution in [0.3, 0.4) is 0 Å². The molecule has 0 spiro atoms. The third-order valence-electron chi connectivity index (χ3n) is 4.02. The molecule has 3 saturated heterocycles. The van der Waals surface area contributed by atoms with Crippen molar-refractivity contribution in [3.8, 4) is 0 Å². The van der Waals surface area contributed by atoms with Crippen molar-refractivity contribution in [3.63, 3.8) is 0 Å². The molecule has 12 heavy (non-hydrogen) atoms. The van der Waals surface area contributed by atoms with Gasteiger partial charge in [-0.1, -0.05) is 6.42 Å². The third-order valence-corrected chi connectivity index (χ3v) is 4.02. The van der Waals surface area contributed by atoms with E-state index in [9.17, 15) is 0 Å². The van der Waals surface area contributed by atoms with Crippen molar-refractivity contribution < 1.29 is 0 Å². The van der Waals surface area contributed by atoms with Crippen LogP contribution in [-0.2, 0) is 0 Å². The van der Waals surface area contributed by atoms with Crippen molar-refractivity contribution in [2.45, 2.75) is 25.3 Å². The topological polar surface area (TPSA) is 15.3 Å². The maximum absolute atomic E-state index is 3.53. The average Bonchev–Trinajstić information content (AvgIpc) is 2.62. The minimum Gasteiger partial charge on any atom is -0.316 e. The summed E-state index contributed by atoms with van der Waals surface area (Å²) >= 11 is 0. The van der Waals surface area contributed by atoms with E-state index in [0.717, 1.165) is 17.9 Å². The Morgan fingerprint density at radius 1 is 1.17 bits per heavy atom. The lowest BCUT2D eigenvalue weighted by Crippen LogP contribution is -2.39. The van der Waals surface area contributed by atoms with E-state index in [1.165, 1.54) is 45.4 Å². The molecular formula is C10H18N2. The van der Waals surface area contributed by atoms with Gasteiger partial charge in [0.25, 0.3) is 0 Å². The minimum absolute atomic E-state index is 0.957. The molecule has 0 amide bonds. The van der Waals surface area contributed by atoms with Gasteiger partial charge in [-0.2, -0.15) is 0 Å². The highest BCUT2D eigenvalue weighted by molar-refractivity contribution is 4.99. The number of fused-ring (bicyclic) bond motifs is 3. The second-order valence-corrected chi connectivity index (χ2v) is 4.64. The number of nitrogens with zero attached hydrogens (tertiary/aromatic N) is 1. The first-order valence-corrected chi connectivity index (χ1v) is 5.40. The quantitative estimate of drug-likeness (QED) is 0.569. The van der Waals surface area contributed by atoms with E-state index in [2.05, 4.69) is 10.2 Å². The molecule has 68 valence electrons. The van der Waals surface area contributed by atoms with E-state index in [1.807, 2.05) is 0 Å². The van der Waals surface area contributed by atoms with Crippen LogP contribution in [0, 0.1) is 11.8 Å². The highest BCUT2D eigenvalue weighted by Gasteiger charge is 2.44. The predicted molar refractivity (Wildman–Crippen MR) is 49.1 cm³/mol. The summed E-state index contributed by atoms with van der Waals surface area (Å²) in [5, 5.41) is 3.53. The van der Waals surface area contributed by atoms with Gasteiger partial charge in [0, 0.05) is 12.6 Å². The van der Waals surface area contributed by atoms with Gasteiger partial charge in [-0.05, 0) is 44.3 Å². The van der Waals surface area contributed by atoms with Gasteiger partial charge in [0.2, 0.25) is 0 Å². The molecule has 1 N–H and O–H groups in total. The lowest BCUT2D eigenvalue weighted by molar-refractivity contribution is 0.172. The third kappa shape index (κ3) is 0.944. The lowest BCUT2D eigenvalue weighted by Gasteiger charge is -2.31. The van der Waals surface area contributed by atoms with Gasteiger partial charge in [-0.3, -0.25) is 4.90 Å². The summed E-state index contributed by atoms with van der Waals surface area (Å²) in [5.41, 5.74) is 0. The predicted octanol–water partition coefficient (Wildman–Crippen LogP) is 0.690. The SMILES string of the molecule is C1CCN2C[C@H]3CNC[C@@H]3[C@@H]2C1. The molecule has 0 bridgehead atoms. The largest absolute Gasteiger partial charge is 0.316 e. The van der Waals surface area contributed by atoms with Gasteiger partial charge in [-0.25, -0.2) is 0 Å². The minimum atomic E-state index is 0.957. The Bertz CT molecular complexity index is 181. The van der Waals surface area contributed by atoms with Crippen molar-refractivity contribution in [1.82, 2.24) is 10.2 Å². The molecule has 0 aliphatic carbocycles. The number of nitrogens with one attached hydrogen (secondary N) is 1. The van der Waals surface area contributed by atoms with Gasteiger partial charge in [-0.15, -0.1) is 0 Å². The molecule has 0 aromatic rings. The van der Waals surface area contributed by atoms with E-state index in [1.54, 1.807) is 0 Å². The molecule has 3 rings (SSSR count). The second kappa shape index (κ2) is 2.71. The zero-order chi connectivity index (χ0) is 7.97. The molecule has 0 aromatic heterocycles. The molecule has 3 heterocycles. The van der Waals surface area contributed by atoms with Crippen LogP contribution in [0.2, 0.25) is 0 Å². The first-order chi connectivity index (χ1) is 5.95. The molecule has 3 aliphatic rings. The molecular weight excluding hydrogens is 148 g/mol. The van der Waals surface area contributed by atoms with Gasteiger partial charge in [0.15, 0.2) is 0 Å². The summed E-state index contributed by atoms with van der Waals surface area (Å²) in [6, 6.07) is 0.957. The molecule has 2 nitrogen and oxygen atoms in total.